The summed E-state index contributed by atoms with van der Waals surface area (Å²) in [6.45, 7) is 5.71. The summed E-state index contributed by atoms with van der Waals surface area (Å²) in [4.78, 5) is 11.6. The van der Waals surface area contributed by atoms with Crippen LogP contribution in [0.2, 0.25) is 0 Å². The molecule has 200 valence electrons. The molecule has 2 radical (unpaired) electrons. The summed E-state index contributed by atoms with van der Waals surface area (Å²) in [7, 11) is 0.0568. The fraction of sp³-hybridized carbons (Fsp3) is 0.207. The van der Waals surface area contributed by atoms with E-state index in [9.17, 15) is 13.2 Å². The Labute approximate surface area is 280 Å². The first kappa shape index (κ1) is 35.5. The summed E-state index contributed by atoms with van der Waals surface area (Å²) in [6.07, 6.45) is 2.77. The molecular weight excluding hydrogens is 664 g/mol. The minimum Gasteiger partial charge on any atom is -0.666 e. The molecule has 0 unspecified atom stereocenters. The molecule has 0 saturated carbocycles. The van der Waals surface area contributed by atoms with E-state index in [0.29, 0.717) is 16.5 Å². The summed E-state index contributed by atoms with van der Waals surface area (Å²) in [6, 6.07) is 24.8. The number of aryl methyl sites for hydroxylation is 2. The normalized spacial score (nSPS) is 10.4. The molecule has 0 atom stereocenters. The fourth-order valence-electron chi connectivity index (χ4n) is 3.38. The second-order valence-electron chi connectivity index (χ2n) is 8.13. The van der Waals surface area contributed by atoms with Gasteiger partial charge in [0.1, 0.15) is 0 Å². The van der Waals surface area contributed by atoms with Gasteiger partial charge in [-0.1, -0.05) is 47.5 Å². The smallest absolute Gasteiger partial charge is 0.256 e. The Kier molecular flexibility index (Phi) is 15.8. The number of para-hydroxylation sites is 1. The van der Waals surface area contributed by atoms with Gasteiger partial charge in [0.2, 0.25) is 0 Å². The van der Waals surface area contributed by atoms with Crippen LogP contribution in [0.1, 0.15) is 11.1 Å². The van der Waals surface area contributed by atoms with Gasteiger partial charge in [-0.2, -0.15) is 50.8 Å². The molecule has 5 rings (SSSR count). The first-order chi connectivity index (χ1) is 17.8. The van der Waals surface area contributed by atoms with E-state index in [0.717, 1.165) is 29.6 Å². The molecule has 0 fully saturated rings. The Morgan fingerprint density at radius 3 is 2.08 bits per heavy atom. The van der Waals surface area contributed by atoms with Crippen LogP contribution in [0.4, 0.5) is 0 Å². The number of rotatable bonds is 5. The molecule has 2 heterocycles. The van der Waals surface area contributed by atoms with Crippen molar-refractivity contribution >= 4 is 31.9 Å². The largest absolute Gasteiger partial charge is 0.666 e. The Balaban J connectivity index is 0.000000320. The van der Waals surface area contributed by atoms with E-state index in [1.165, 1.54) is 16.4 Å². The Morgan fingerprint density at radius 2 is 1.44 bits per heavy atom. The zero-order valence-electron chi connectivity index (χ0n) is 22.5. The Morgan fingerprint density at radius 1 is 0.846 bits per heavy atom. The predicted molar refractivity (Wildman–Crippen MR) is 149 cm³/mol. The quantitative estimate of drug-likeness (QED) is 0.170. The zero-order valence-corrected chi connectivity index (χ0v) is 29.0. The van der Waals surface area contributed by atoms with Crippen molar-refractivity contribution in [3.8, 4) is 0 Å². The monoisotopic (exact) mass is 693 g/mol. The van der Waals surface area contributed by atoms with E-state index >= 15 is 0 Å². The van der Waals surface area contributed by atoms with Crippen molar-refractivity contribution in [2.45, 2.75) is 18.7 Å². The topological polar surface area (TPSA) is 97.5 Å². The zero-order chi connectivity index (χ0) is 26.8. The predicted octanol–water partition coefficient (Wildman–Crippen LogP) is 5.88. The van der Waals surface area contributed by atoms with Crippen LogP contribution in [-0.4, -0.2) is 39.6 Å². The number of aromatic nitrogens is 1. The molecule has 7 nitrogen and oxygen atoms in total. The van der Waals surface area contributed by atoms with Gasteiger partial charge >= 0.3 is 0 Å². The summed E-state index contributed by atoms with van der Waals surface area (Å²) in [5, 5.41) is 9.05. The summed E-state index contributed by atoms with van der Waals surface area (Å²) >= 11 is 0. The van der Waals surface area contributed by atoms with Crippen molar-refractivity contribution in [2.75, 3.05) is 27.2 Å². The van der Waals surface area contributed by atoms with E-state index in [2.05, 4.69) is 22.8 Å². The third-order valence-corrected chi connectivity index (χ3v) is 7.23. The molecule has 0 amide bonds. The van der Waals surface area contributed by atoms with Gasteiger partial charge in [-0.05, 0) is 43.1 Å². The molecule has 5 aromatic rings. The van der Waals surface area contributed by atoms with Crippen LogP contribution < -0.4 is 5.43 Å². The molecule has 0 saturated heterocycles. The third kappa shape index (κ3) is 9.53. The van der Waals surface area contributed by atoms with Crippen LogP contribution in [0.5, 0.6) is 0 Å². The second kappa shape index (κ2) is 17.3. The van der Waals surface area contributed by atoms with E-state index in [4.69, 9.17) is 4.42 Å². The molecule has 10 heteroatoms. The molecule has 39 heavy (non-hydrogen) atoms. The van der Waals surface area contributed by atoms with Crippen molar-refractivity contribution in [2.24, 2.45) is 0 Å². The van der Waals surface area contributed by atoms with Gasteiger partial charge in [0.05, 0.1) is 10.5 Å². The molecular formula is C29H29N3O4SY2-4. The van der Waals surface area contributed by atoms with Gasteiger partial charge in [0.25, 0.3) is 10.0 Å². The maximum absolute atomic E-state index is 12.5. The molecule has 0 aliphatic carbocycles. The van der Waals surface area contributed by atoms with Crippen LogP contribution in [-0.2, 0) is 75.4 Å². The van der Waals surface area contributed by atoms with Crippen LogP contribution >= 0.6 is 0 Å². The molecule has 2 aromatic heterocycles. The van der Waals surface area contributed by atoms with E-state index < -0.39 is 10.0 Å². The van der Waals surface area contributed by atoms with Crippen LogP contribution in [0.25, 0.3) is 32.5 Å². The van der Waals surface area contributed by atoms with Gasteiger partial charge in [0, 0.05) is 77.1 Å². The van der Waals surface area contributed by atoms with Crippen LogP contribution in [0.3, 0.4) is 0 Å². The molecule has 0 aliphatic heterocycles. The Bertz CT molecular complexity index is 1610. The summed E-state index contributed by atoms with van der Waals surface area (Å²) in [5.41, 5.74) is 3.39. The van der Waals surface area contributed by atoms with Crippen molar-refractivity contribution in [3.05, 3.63) is 123 Å². The molecule has 0 N–H and O–H groups in total. The summed E-state index contributed by atoms with van der Waals surface area (Å²) in [5.74, 6) is 0. The number of fused-ring (bicyclic) bond motifs is 2. The second-order valence-corrected chi connectivity index (χ2v) is 9.94. The number of hydrogen-bond donors (Lipinski definition) is 0. The van der Waals surface area contributed by atoms with Gasteiger partial charge in [0.15, 0.2) is 0 Å². The maximum atomic E-state index is 12.5. The number of hydrogen-bond acceptors (Lipinski definition) is 4. The molecule has 0 aliphatic rings. The van der Waals surface area contributed by atoms with Gasteiger partial charge in [-0.3, -0.25) is 0 Å². The van der Waals surface area contributed by atoms with E-state index in [-0.39, 0.29) is 75.7 Å². The SMILES string of the molecule is C[N-]CC[N-]C.Cc1cc2oc[c-]c(=O)c2cc1C.O=S(=O)(c1ccccc1)n1c[c-]c2ccccc21.[Y].[Y]. The molecule has 3 aromatic carbocycles. The van der Waals surface area contributed by atoms with Gasteiger partial charge < -0.3 is 23.8 Å². The van der Waals surface area contributed by atoms with Gasteiger partial charge in [-0.15, -0.1) is 12.1 Å². The summed E-state index contributed by atoms with van der Waals surface area (Å²) < 4.78 is 31.3. The number of benzene rings is 3. The standard InChI is InChI=1S/C14H10NO2S.C11H9O2.C4H10N2.2Y/c16-18(17,13-7-2-1-3-8-13)15-11-10-12-6-4-5-9-14(12)15;1-7-5-9-10(12)3-4-13-11(9)6-8(7)2;1-5-3-4-6-2;;/h1-9,11H;4-6H,1-2H3;3-4H2,1-2H3;;/q2*-1;-2;;. The maximum Gasteiger partial charge on any atom is 0.256 e. The van der Waals surface area contributed by atoms with Crippen molar-refractivity contribution in [1.29, 1.82) is 0 Å². The molecule has 0 spiro atoms. The molecule has 0 bridgehead atoms. The number of likely N-dealkylation sites (N-methyl/N-ethyl adjacent to an activating group) is 2. The Hall–Kier alpha value is -1.51. The van der Waals surface area contributed by atoms with Gasteiger partial charge in [-0.25, -0.2) is 8.42 Å². The van der Waals surface area contributed by atoms with Crippen molar-refractivity contribution in [1.82, 2.24) is 3.97 Å². The first-order valence-electron chi connectivity index (χ1n) is 11.6. The minimum atomic E-state index is -3.54. The van der Waals surface area contributed by atoms with Crippen LogP contribution in [0, 0.1) is 26.0 Å². The minimum absolute atomic E-state index is 0. The first-order valence-corrected chi connectivity index (χ1v) is 13.0. The van der Waals surface area contributed by atoms with Crippen LogP contribution in [0.15, 0.2) is 93.3 Å². The van der Waals surface area contributed by atoms with Crippen molar-refractivity contribution < 1.29 is 78.3 Å². The average Bonchev–Trinajstić information content (AvgIpc) is 3.35. The van der Waals surface area contributed by atoms with E-state index in [1.54, 1.807) is 50.5 Å². The average molecular weight is 693 g/mol. The fourth-order valence-corrected chi connectivity index (χ4v) is 4.72. The third-order valence-electron chi connectivity index (χ3n) is 5.54. The number of nitrogens with zero attached hydrogens (tertiary/aromatic N) is 3. The van der Waals surface area contributed by atoms with E-state index in [1.807, 2.05) is 44.2 Å². The van der Waals surface area contributed by atoms with Crippen molar-refractivity contribution in [3.63, 3.8) is 0 Å².